The van der Waals surface area contributed by atoms with Crippen LogP contribution in [0.4, 0.5) is 0 Å². The van der Waals surface area contributed by atoms with E-state index >= 15 is 0 Å². The molecule has 0 unspecified atom stereocenters. The van der Waals surface area contributed by atoms with Gasteiger partial charge in [-0.25, -0.2) is 0 Å². The summed E-state index contributed by atoms with van der Waals surface area (Å²) in [6.45, 7) is 5.95. The summed E-state index contributed by atoms with van der Waals surface area (Å²) in [5.74, 6) is 1.69. The summed E-state index contributed by atoms with van der Waals surface area (Å²) in [6, 6.07) is 13.8. The topological polar surface area (TPSA) is 21.3 Å². The highest BCUT2D eigenvalue weighted by molar-refractivity contribution is 6.30. The molecule has 0 aliphatic rings. The van der Waals surface area contributed by atoms with Crippen molar-refractivity contribution >= 4 is 11.6 Å². The van der Waals surface area contributed by atoms with Gasteiger partial charge >= 0.3 is 0 Å². The first kappa shape index (κ1) is 14.9. The molecule has 0 fully saturated rings. The Bertz CT molecular complexity index is 551. The number of ether oxygens (including phenoxy) is 1. The van der Waals surface area contributed by atoms with Crippen LogP contribution in [0.15, 0.2) is 42.5 Å². The zero-order valence-electron chi connectivity index (χ0n) is 11.9. The molecule has 20 heavy (non-hydrogen) atoms. The van der Waals surface area contributed by atoms with Crippen LogP contribution < -0.4 is 10.1 Å². The van der Waals surface area contributed by atoms with E-state index in [4.69, 9.17) is 16.3 Å². The number of aryl methyl sites for hydroxylation is 1. The molecule has 1 N–H and O–H groups in total. The maximum Gasteiger partial charge on any atom is 0.132 e. The third kappa shape index (κ3) is 4.26. The molecule has 0 aliphatic heterocycles. The molecule has 0 bridgehead atoms. The highest BCUT2D eigenvalue weighted by Gasteiger charge is 2.06. The van der Waals surface area contributed by atoms with Crippen LogP contribution in [-0.2, 0) is 6.54 Å². The van der Waals surface area contributed by atoms with Gasteiger partial charge in [0, 0.05) is 17.1 Å². The molecule has 0 heterocycles. The van der Waals surface area contributed by atoms with E-state index in [1.54, 1.807) is 0 Å². The predicted octanol–water partition coefficient (Wildman–Crippen LogP) is 4.94. The molecule has 0 amide bonds. The Kier molecular flexibility index (Phi) is 5.45. The highest BCUT2D eigenvalue weighted by atomic mass is 35.5. The molecular weight excluding hydrogens is 270 g/mol. The second-order valence-electron chi connectivity index (χ2n) is 4.84. The lowest BCUT2D eigenvalue weighted by atomic mass is 10.2. The van der Waals surface area contributed by atoms with E-state index in [-0.39, 0.29) is 0 Å². The first-order valence-corrected chi connectivity index (χ1v) is 7.30. The average Bonchev–Trinajstić information content (AvgIpc) is 2.44. The quantitative estimate of drug-likeness (QED) is 0.761. The van der Waals surface area contributed by atoms with Gasteiger partial charge in [0.25, 0.3) is 0 Å². The third-order valence-electron chi connectivity index (χ3n) is 3.01. The molecule has 3 heteroatoms. The largest absolute Gasteiger partial charge is 0.457 e. The van der Waals surface area contributed by atoms with Gasteiger partial charge in [-0.3, -0.25) is 0 Å². The van der Waals surface area contributed by atoms with Gasteiger partial charge in [-0.15, -0.1) is 0 Å². The van der Waals surface area contributed by atoms with Crippen LogP contribution in [0.1, 0.15) is 24.5 Å². The maximum atomic E-state index is 6.07. The minimum absolute atomic E-state index is 0.731. The highest BCUT2D eigenvalue weighted by Crippen LogP contribution is 2.28. The standard InChI is InChI=1S/C17H20ClNO/c1-3-10-19-12-14-11-15(18)6-9-17(14)20-16-7-4-13(2)5-8-16/h4-9,11,19H,3,10,12H2,1-2H3. The molecule has 2 rings (SSSR count). The molecule has 0 spiro atoms. The third-order valence-corrected chi connectivity index (χ3v) is 3.25. The normalized spacial score (nSPS) is 10.6. The molecule has 2 aromatic carbocycles. The van der Waals surface area contributed by atoms with Gasteiger partial charge in [-0.1, -0.05) is 36.2 Å². The summed E-state index contributed by atoms with van der Waals surface area (Å²) in [5, 5.41) is 4.11. The van der Waals surface area contributed by atoms with Gasteiger partial charge in [0.1, 0.15) is 11.5 Å². The summed E-state index contributed by atoms with van der Waals surface area (Å²) < 4.78 is 5.95. The van der Waals surface area contributed by atoms with E-state index in [0.29, 0.717) is 0 Å². The van der Waals surface area contributed by atoms with Crippen LogP contribution in [0.2, 0.25) is 5.02 Å². The predicted molar refractivity (Wildman–Crippen MR) is 84.7 cm³/mol. The number of halogens is 1. The lowest BCUT2D eigenvalue weighted by molar-refractivity contribution is 0.472. The smallest absolute Gasteiger partial charge is 0.132 e. The number of hydrogen-bond donors (Lipinski definition) is 1. The van der Waals surface area contributed by atoms with Crippen molar-refractivity contribution in [2.45, 2.75) is 26.8 Å². The van der Waals surface area contributed by atoms with E-state index in [0.717, 1.165) is 41.6 Å². The minimum atomic E-state index is 0.731. The molecule has 2 nitrogen and oxygen atoms in total. The minimum Gasteiger partial charge on any atom is -0.457 e. The van der Waals surface area contributed by atoms with Gasteiger partial charge in [0.15, 0.2) is 0 Å². The maximum absolute atomic E-state index is 6.07. The Labute approximate surface area is 125 Å². The molecule has 0 radical (unpaired) electrons. The van der Waals surface area contributed by atoms with Gasteiger partial charge in [0.05, 0.1) is 0 Å². The van der Waals surface area contributed by atoms with Crippen LogP contribution in [0.3, 0.4) is 0 Å². The van der Waals surface area contributed by atoms with Crippen molar-refractivity contribution in [1.82, 2.24) is 5.32 Å². The molecule has 0 aliphatic carbocycles. The van der Waals surface area contributed by atoms with Crippen LogP contribution in [0.25, 0.3) is 0 Å². The molecule has 0 saturated heterocycles. The van der Waals surface area contributed by atoms with Gasteiger partial charge in [0.2, 0.25) is 0 Å². The van der Waals surface area contributed by atoms with Crippen molar-refractivity contribution in [3.63, 3.8) is 0 Å². The molecular formula is C17H20ClNO. The summed E-state index contributed by atoms with van der Waals surface area (Å²) in [5.41, 5.74) is 2.30. The van der Waals surface area contributed by atoms with Crippen molar-refractivity contribution < 1.29 is 4.74 Å². The fourth-order valence-corrected chi connectivity index (χ4v) is 2.11. The monoisotopic (exact) mass is 289 g/mol. The number of rotatable bonds is 6. The van der Waals surface area contributed by atoms with Crippen molar-refractivity contribution in [3.8, 4) is 11.5 Å². The summed E-state index contributed by atoms with van der Waals surface area (Å²) in [4.78, 5) is 0. The Morgan fingerprint density at radius 3 is 2.55 bits per heavy atom. The summed E-state index contributed by atoms with van der Waals surface area (Å²) in [6.07, 6.45) is 1.11. The van der Waals surface area contributed by atoms with E-state index in [1.807, 2.05) is 42.5 Å². The SMILES string of the molecule is CCCNCc1cc(Cl)ccc1Oc1ccc(C)cc1. The summed E-state index contributed by atoms with van der Waals surface area (Å²) in [7, 11) is 0. The van der Waals surface area contributed by atoms with Gasteiger partial charge < -0.3 is 10.1 Å². The number of nitrogens with one attached hydrogen (secondary N) is 1. The van der Waals surface area contributed by atoms with Crippen molar-refractivity contribution in [1.29, 1.82) is 0 Å². The van der Waals surface area contributed by atoms with Crippen LogP contribution in [-0.4, -0.2) is 6.54 Å². The van der Waals surface area contributed by atoms with Gasteiger partial charge in [-0.05, 0) is 50.2 Å². The molecule has 0 saturated carbocycles. The Morgan fingerprint density at radius 2 is 1.85 bits per heavy atom. The lowest BCUT2D eigenvalue weighted by Gasteiger charge is -2.12. The van der Waals surface area contributed by atoms with E-state index in [1.165, 1.54) is 5.56 Å². The molecule has 106 valence electrons. The number of hydrogen-bond acceptors (Lipinski definition) is 2. The van der Waals surface area contributed by atoms with E-state index < -0.39 is 0 Å². The van der Waals surface area contributed by atoms with E-state index in [9.17, 15) is 0 Å². The molecule has 2 aromatic rings. The van der Waals surface area contributed by atoms with Crippen LogP contribution in [0.5, 0.6) is 11.5 Å². The van der Waals surface area contributed by atoms with Gasteiger partial charge in [-0.2, -0.15) is 0 Å². The lowest BCUT2D eigenvalue weighted by Crippen LogP contribution is -2.14. The summed E-state index contributed by atoms with van der Waals surface area (Å²) >= 11 is 6.07. The fraction of sp³-hybridized carbons (Fsp3) is 0.294. The Morgan fingerprint density at radius 1 is 1.10 bits per heavy atom. The average molecular weight is 290 g/mol. The first-order chi connectivity index (χ1) is 9.69. The second-order valence-corrected chi connectivity index (χ2v) is 5.28. The zero-order valence-corrected chi connectivity index (χ0v) is 12.7. The van der Waals surface area contributed by atoms with Crippen molar-refractivity contribution in [2.24, 2.45) is 0 Å². The van der Waals surface area contributed by atoms with Crippen molar-refractivity contribution in [2.75, 3.05) is 6.54 Å². The first-order valence-electron chi connectivity index (χ1n) is 6.92. The zero-order chi connectivity index (χ0) is 14.4. The van der Waals surface area contributed by atoms with Crippen LogP contribution >= 0.6 is 11.6 Å². The second kappa shape index (κ2) is 7.32. The van der Waals surface area contributed by atoms with Crippen molar-refractivity contribution in [3.05, 3.63) is 58.6 Å². The fourth-order valence-electron chi connectivity index (χ4n) is 1.92. The van der Waals surface area contributed by atoms with Crippen LogP contribution in [0, 0.1) is 6.92 Å². The molecule has 0 atom stereocenters. The Hall–Kier alpha value is -1.51. The number of benzene rings is 2. The Balaban J connectivity index is 2.15. The van der Waals surface area contributed by atoms with E-state index in [2.05, 4.69) is 19.2 Å². The molecule has 0 aromatic heterocycles.